The van der Waals surface area contributed by atoms with Gasteiger partial charge in [0.2, 0.25) is 9.05 Å². The van der Waals surface area contributed by atoms with Gasteiger partial charge in [-0.1, -0.05) is 6.07 Å². The molecule has 15 heavy (non-hydrogen) atoms. The summed E-state index contributed by atoms with van der Waals surface area (Å²) < 4.78 is 26.7. The number of methoxy groups -OCH3 is 1. The summed E-state index contributed by atoms with van der Waals surface area (Å²) in [6, 6.07) is 3.23. The predicted molar refractivity (Wildman–Crippen MR) is 57.9 cm³/mol. The monoisotopic (exact) mass is 250 g/mol. The van der Waals surface area contributed by atoms with Crippen molar-refractivity contribution in [1.82, 2.24) is 0 Å². The number of ether oxygens (including phenoxy) is 1. The molecule has 1 aromatic carbocycles. The molecule has 4 nitrogen and oxygen atoms in total. The molecule has 0 aliphatic rings. The quantitative estimate of drug-likeness (QED) is 0.831. The molecule has 0 bridgehead atoms. The second-order valence-electron chi connectivity index (χ2n) is 3.10. The van der Waals surface area contributed by atoms with Crippen molar-refractivity contribution in [2.75, 3.05) is 7.11 Å². The Balaban J connectivity index is 3.27. The minimum Gasteiger partial charge on any atom is -0.504 e. The zero-order chi connectivity index (χ0) is 11.6. The molecule has 0 unspecified atom stereocenters. The highest BCUT2D eigenvalue weighted by Gasteiger charge is 2.16. The molecular weight excluding hydrogens is 240 g/mol. The highest BCUT2D eigenvalue weighted by molar-refractivity contribution is 8.13. The summed E-state index contributed by atoms with van der Waals surface area (Å²) in [6.07, 6.45) is 0. The van der Waals surface area contributed by atoms with E-state index >= 15 is 0 Å². The van der Waals surface area contributed by atoms with Gasteiger partial charge in [0.05, 0.1) is 12.9 Å². The average molecular weight is 251 g/mol. The van der Waals surface area contributed by atoms with Crippen molar-refractivity contribution in [3.63, 3.8) is 0 Å². The summed E-state index contributed by atoms with van der Waals surface area (Å²) in [7, 11) is 2.83. The van der Waals surface area contributed by atoms with Crippen LogP contribution in [0.3, 0.4) is 0 Å². The number of hydrogen-bond acceptors (Lipinski definition) is 4. The largest absolute Gasteiger partial charge is 0.504 e. The zero-order valence-corrected chi connectivity index (χ0v) is 9.89. The van der Waals surface area contributed by atoms with Crippen LogP contribution in [-0.4, -0.2) is 20.6 Å². The van der Waals surface area contributed by atoms with Crippen molar-refractivity contribution in [2.24, 2.45) is 0 Å². The molecule has 0 fully saturated rings. The second kappa shape index (κ2) is 4.28. The average Bonchev–Trinajstić information content (AvgIpc) is 2.11. The van der Waals surface area contributed by atoms with Crippen molar-refractivity contribution >= 4 is 19.7 Å². The lowest BCUT2D eigenvalue weighted by Crippen LogP contribution is -1.99. The summed E-state index contributed by atoms with van der Waals surface area (Å²) >= 11 is 0. The fraction of sp³-hybridized carbons (Fsp3) is 0.333. The molecule has 0 amide bonds. The Morgan fingerprint density at radius 1 is 1.47 bits per heavy atom. The van der Waals surface area contributed by atoms with E-state index in [9.17, 15) is 13.5 Å². The van der Waals surface area contributed by atoms with Crippen LogP contribution in [0.2, 0.25) is 0 Å². The first kappa shape index (κ1) is 12.1. The topological polar surface area (TPSA) is 63.6 Å². The summed E-state index contributed by atoms with van der Waals surface area (Å²) in [4.78, 5) is 0. The third-order valence-electron chi connectivity index (χ3n) is 2.02. The highest BCUT2D eigenvalue weighted by atomic mass is 35.7. The normalized spacial score (nSPS) is 11.4. The number of rotatable bonds is 3. The Bertz CT molecular complexity index is 467. The lowest BCUT2D eigenvalue weighted by molar-refractivity contribution is 0.371. The van der Waals surface area contributed by atoms with E-state index in [0.717, 1.165) is 0 Å². The number of hydrogen-bond donors (Lipinski definition) is 1. The number of phenols is 1. The summed E-state index contributed by atoms with van der Waals surface area (Å²) in [5.74, 6) is -0.360. The van der Waals surface area contributed by atoms with Crippen LogP contribution in [0.1, 0.15) is 11.1 Å². The molecular formula is C9H11ClO4S. The maximum atomic E-state index is 10.9. The Morgan fingerprint density at radius 3 is 2.53 bits per heavy atom. The first-order valence-electron chi connectivity index (χ1n) is 4.13. The second-order valence-corrected chi connectivity index (χ2v) is 5.87. The highest BCUT2D eigenvalue weighted by Crippen LogP contribution is 2.33. The van der Waals surface area contributed by atoms with E-state index in [-0.39, 0.29) is 17.1 Å². The molecule has 0 atom stereocenters. The number of halogens is 1. The SMILES string of the molecule is COc1ccc(C)c(CS(=O)(=O)Cl)c1O. The van der Waals surface area contributed by atoms with Crippen molar-refractivity contribution < 1.29 is 18.3 Å². The van der Waals surface area contributed by atoms with Crippen LogP contribution < -0.4 is 4.74 Å². The molecule has 6 heteroatoms. The number of benzene rings is 1. The third-order valence-corrected chi connectivity index (χ3v) is 2.98. The standard InChI is InChI=1S/C9H11ClO4S/c1-6-3-4-8(14-2)9(11)7(6)5-15(10,12)13/h3-4,11H,5H2,1-2H3. The molecule has 0 aromatic heterocycles. The van der Waals surface area contributed by atoms with Crippen LogP contribution in [0.5, 0.6) is 11.5 Å². The van der Waals surface area contributed by atoms with Gasteiger partial charge in [-0.2, -0.15) is 0 Å². The van der Waals surface area contributed by atoms with Gasteiger partial charge in [0.1, 0.15) is 0 Å². The smallest absolute Gasteiger partial charge is 0.236 e. The molecule has 0 aliphatic heterocycles. The van der Waals surface area contributed by atoms with E-state index in [2.05, 4.69) is 0 Å². The van der Waals surface area contributed by atoms with Gasteiger partial charge >= 0.3 is 0 Å². The molecule has 0 radical (unpaired) electrons. The fourth-order valence-corrected chi connectivity index (χ4v) is 2.27. The molecule has 0 heterocycles. The lowest BCUT2D eigenvalue weighted by Gasteiger charge is -2.10. The Morgan fingerprint density at radius 2 is 2.07 bits per heavy atom. The van der Waals surface area contributed by atoms with Gasteiger partial charge in [0.15, 0.2) is 11.5 Å². The first-order chi connectivity index (χ1) is 6.85. The van der Waals surface area contributed by atoms with Crippen molar-refractivity contribution in [3.8, 4) is 11.5 Å². The van der Waals surface area contributed by atoms with Gasteiger partial charge in [0, 0.05) is 16.2 Å². The summed E-state index contributed by atoms with van der Waals surface area (Å²) in [6.45, 7) is 1.69. The maximum Gasteiger partial charge on any atom is 0.236 e. The van der Waals surface area contributed by atoms with Crippen molar-refractivity contribution in [2.45, 2.75) is 12.7 Å². The molecule has 0 spiro atoms. The maximum absolute atomic E-state index is 10.9. The Labute approximate surface area is 92.9 Å². The van der Waals surface area contributed by atoms with E-state index in [1.165, 1.54) is 7.11 Å². The third kappa shape index (κ3) is 3.00. The van der Waals surface area contributed by atoms with E-state index in [0.29, 0.717) is 5.56 Å². The van der Waals surface area contributed by atoms with E-state index < -0.39 is 14.8 Å². The van der Waals surface area contributed by atoms with E-state index in [1.807, 2.05) is 0 Å². The minimum absolute atomic E-state index is 0.179. The van der Waals surface area contributed by atoms with E-state index in [1.54, 1.807) is 19.1 Å². The summed E-state index contributed by atoms with van der Waals surface area (Å²) in [5.41, 5.74) is 0.918. The molecule has 84 valence electrons. The van der Waals surface area contributed by atoms with Crippen molar-refractivity contribution in [1.29, 1.82) is 0 Å². The van der Waals surface area contributed by atoms with Crippen LogP contribution in [0.25, 0.3) is 0 Å². The van der Waals surface area contributed by atoms with Crippen LogP contribution in [0.4, 0.5) is 0 Å². The Kier molecular flexibility index (Phi) is 3.46. The van der Waals surface area contributed by atoms with Gasteiger partial charge in [0.25, 0.3) is 0 Å². The molecule has 1 rings (SSSR count). The van der Waals surface area contributed by atoms with Gasteiger partial charge in [-0.15, -0.1) is 0 Å². The molecule has 1 aromatic rings. The van der Waals surface area contributed by atoms with Crippen LogP contribution in [0.15, 0.2) is 12.1 Å². The number of phenolic OH excluding ortho intramolecular Hbond substituents is 1. The van der Waals surface area contributed by atoms with Crippen molar-refractivity contribution in [3.05, 3.63) is 23.3 Å². The predicted octanol–water partition coefficient (Wildman–Crippen LogP) is 1.78. The van der Waals surface area contributed by atoms with Crippen LogP contribution >= 0.6 is 10.7 Å². The van der Waals surface area contributed by atoms with Gasteiger partial charge in [-0.3, -0.25) is 0 Å². The minimum atomic E-state index is -3.69. The number of aryl methyl sites for hydroxylation is 1. The van der Waals surface area contributed by atoms with Gasteiger partial charge in [-0.25, -0.2) is 8.42 Å². The number of aromatic hydroxyl groups is 1. The zero-order valence-electron chi connectivity index (χ0n) is 8.32. The lowest BCUT2D eigenvalue weighted by atomic mass is 10.1. The molecule has 0 saturated heterocycles. The van der Waals surface area contributed by atoms with Gasteiger partial charge < -0.3 is 9.84 Å². The van der Waals surface area contributed by atoms with Crippen LogP contribution in [0, 0.1) is 6.92 Å². The molecule has 0 aliphatic carbocycles. The summed E-state index contributed by atoms with van der Waals surface area (Å²) in [5, 5.41) is 9.68. The first-order valence-corrected chi connectivity index (χ1v) is 6.60. The Hall–Kier alpha value is -0.940. The van der Waals surface area contributed by atoms with E-state index in [4.69, 9.17) is 15.4 Å². The van der Waals surface area contributed by atoms with Gasteiger partial charge in [-0.05, 0) is 18.6 Å². The van der Waals surface area contributed by atoms with Crippen LogP contribution in [-0.2, 0) is 14.8 Å². The molecule has 1 N–H and O–H groups in total. The molecule has 0 saturated carbocycles. The fourth-order valence-electron chi connectivity index (χ4n) is 1.24.